The molecular weight excluding hydrogens is 214 g/mol. The topological polar surface area (TPSA) is 30.5 Å². The first-order valence-electron chi connectivity index (χ1n) is 6.16. The van der Waals surface area contributed by atoms with Gasteiger partial charge in [-0.15, -0.1) is 0 Å². The molecule has 0 aliphatic heterocycles. The number of ether oxygens (including phenoxy) is 2. The van der Waals surface area contributed by atoms with E-state index in [0.717, 1.165) is 31.7 Å². The fourth-order valence-corrected chi connectivity index (χ4v) is 1.97. The Morgan fingerprint density at radius 3 is 2.65 bits per heavy atom. The Balaban J connectivity index is 2.52. The predicted octanol–water partition coefficient (Wildman–Crippen LogP) is 2.25. The Morgan fingerprint density at radius 2 is 2.00 bits per heavy atom. The molecule has 0 aliphatic carbocycles. The molecule has 1 unspecified atom stereocenters. The van der Waals surface area contributed by atoms with Crippen molar-refractivity contribution in [2.24, 2.45) is 0 Å². The minimum absolute atomic E-state index is 0.412. The molecule has 0 radical (unpaired) electrons. The molecule has 0 amide bonds. The molecule has 0 saturated carbocycles. The van der Waals surface area contributed by atoms with Crippen LogP contribution in [-0.2, 0) is 11.2 Å². The molecule has 3 nitrogen and oxygen atoms in total. The highest BCUT2D eigenvalue weighted by Gasteiger charge is 2.09. The number of para-hydroxylation sites is 1. The number of hydrogen-bond acceptors (Lipinski definition) is 3. The molecule has 1 aromatic carbocycles. The highest BCUT2D eigenvalue weighted by atomic mass is 16.5. The van der Waals surface area contributed by atoms with Crippen molar-refractivity contribution in [3.8, 4) is 5.75 Å². The molecule has 0 aliphatic rings. The third-order valence-electron chi connectivity index (χ3n) is 2.82. The summed E-state index contributed by atoms with van der Waals surface area (Å²) >= 11 is 0. The molecule has 3 heteroatoms. The molecule has 96 valence electrons. The first-order valence-corrected chi connectivity index (χ1v) is 6.16. The molecule has 0 spiro atoms. The summed E-state index contributed by atoms with van der Waals surface area (Å²) in [5, 5.41) is 3.43. The molecule has 0 heterocycles. The van der Waals surface area contributed by atoms with Crippen molar-refractivity contribution in [3.63, 3.8) is 0 Å². The van der Waals surface area contributed by atoms with Gasteiger partial charge in [-0.05, 0) is 31.0 Å². The van der Waals surface area contributed by atoms with Crippen LogP contribution in [0, 0.1) is 0 Å². The average Bonchev–Trinajstić information content (AvgIpc) is 2.37. The quantitative estimate of drug-likeness (QED) is 0.752. The van der Waals surface area contributed by atoms with Gasteiger partial charge in [0.25, 0.3) is 0 Å². The lowest BCUT2D eigenvalue weighted by Crippen LogP contribution is -2.33. The summed E-state index contributed by atoms with van der Waals surface area (Å²) < 4.78 is 10.6. The summed E-state index contributed by atoms with van der Waals surface area (Å²) in [4.78, 5) is 0. The van der Waals surface area contributed by atoms with Gasteiger partial charge in [0, 0.05) is 13.2 Å². The predicted molar refractivity (Wildman–Crippen MR) is 70.7 cm³/mol. The first kappa shape index (κ1) is 14.0. The first-order chi connectivity index (χ1) is 8.31. The molecule has 0 aromatic heterocycles. The third kappa shape index (κ3) is 4.75. The van der Waals surface area contributed by atoms with Crippen molar-refractivity contribution in [3.05, 3.63) is 29.8 Å². The van der Waals surface area contributed by atoms with E-state index in [0.29, 0.717) is 6.04 Å². The van der Waals surface area contributed by atoms with Gasteiger partial charge >= 0.3 is 0 Å². The van der Waals surface area contributed by atoms with Gasteiger partial charge < -0.3 is 14.8 Å². The normalized spacial score (nSPS) is 12.4. The van der Waals surface area contributed by atoms with Crippen molar-refractivity contribution in [1.82, 2.24) is 5.32 Å². The number of nitrogens with one attached hydrogen (secondary N) is 1. The largest absolute Gasteiger partial charge is 0.496 e. The van der Waals surface area contributed by atoms with E-state index in [1.807, 2.05) is 12.1 Å². The van der Waals surface area contributed by atoms with Gasteiger partial charge in [0.15, 0.2) is 0 Å². The van der Waals surface area contributed by atoms with E-state index in [1.54, 1.807) is 14.2 Å². The number of hydrogen-bond donors (Lipinski definition) is 1. The molecular formula is C14H23NO2. The van der Waals surface area contributed by atoms with Crippen LogP contribution in [0.4, 0.5) is 0 Å². The van der Waals surface area contributed by atoms with Crippen LogP contribution in [0.1, 0.15) is 18.9 Å². The lowest BCUT2D eigenvalue weighted by atomic mass is 10.0. The van der Waals surface area contributed by atoms with Crippen LogP contribution in [0.3, 0.4) is 0 Å². The highest BCUT2D eigenvalue weighted by molar-refractivity contribution is 5.33. The van der Waals surface area contributed by atoms with Gasteiger partial charge in [0.05, 0.1) is 13.7 Å². The fraction of sp³-hybridized carbons (Fsp3) is 0.571. The smallest absolute Gasteiger partial charge is 0.122 e. The minimum Gasteiger partial charge on any atom is -0.496 e. The second-order valence-corrected chi connectivity index (χ2v) is 4.06. The Morgan fingerprint density at radius 1 is 1.24 bits per heavy atom. The van der Waals surface area contributed by atoms with Crippen molar-refractivity contribution >= 4 is 0 Å². The van der Waals surface area contributed by atoms with Crippen LogP contribution in [0.15, 0.2) is 24.3 Å². The summed E-state index contributed by atoms with van der Waals surface area (Å²) in [5.41, 5.74) is 1.26. The lowest BCUT2D eigenvalue weighted by Gasteiger charge is -2.17. The Hall–Kier alpha value is -1.06. The van der Waals surface area contributed by atoms with Crippen molar-refractivity contribution in [2.45, 2.75) is 25.8 Å². The summed E-state index contributed by atoms with van der Waals surface area (Å²) in [6, 6.07) is 8.59. The fourth-order valence-electron chi connectivity index (χ4n) is 1.97. The van der Waals surface area contributed by atoms with Gasteiger partial charge in [-0.1, -0.05) is 25.1 Å². The van der Waals surface area contributed by atoms with E-state index in [4.69, 9.17) is 9.47 Å². The van der Waals surface area contributed by atoms with E-state index < -0.39 is 0 Å². The van der Waals surface area contributed by atoms with Crippen LogP contribution in [0.2, 0.25) is 0 Å². The summed E-state index contributed by atoms with van der Waals surface area (Å²) in [7, 11) is 3.46. The molecule has 1 aromatic rings. The van der Waals surface area contributed by atoms with Crippen LogP contribution in [0.5, 0.6) is 5.75 Å². The van der Waals surface area contributed by atoms with Crippen LogP contribution in [0.25, 0.3) is 0 Å². The monoisotopic (exact) mass is 237 g/mol. The number of methoxy groups -OCH3 is 2. The van der Waals surface area contributed by atoms with Gasteiger partial charge in [-0.2, -0.15) is 0 Å². The summed E-state index contributed by atoms with van der Waals surface area (Å²) in [6.45, 7) is 3.84. The maximum absolute atomic E-state index is 5.35. The van der Waals surface area contributed by atoms with Crippen LogP contribution in [-0.4, -0.2) is 33.4 Å². The van der Waals surface area contributed by atoms with E-state index in [-0.39, 0.29) is 0 Å². The highest BCUT2D eigenvalue weighted by Crippen LogP contribution is 2.19. The molecule has 0 fully saturated rings. The van der Waals surface area contributed by atoms with E-state index in [2.05, 4.69) is 24.4 Å². The Bertz CT molecular complexity index is 309. The standard InChI is InChI=1S/C14H23NO2/c1-4-15-13(11-16-2)10-9-12-7-5-6-8-14(12)17-3/h5-8,13,15H,4,9-11H2,1-3H3. The summed E-state index contributed by atoms with van der Waals surface area (Å²) in [5.74, 6) is 0.972. The molecule has 0 bridgehead atoms. The zero-order valence-electron chi connectivity index (χ0n) is 11.0. The number of rotatable bonds is 8. The second-order valence-electron chi connectivity index (χ2n) is 4.06. The van der Waals surface area contributed by atoms with E-state index in [9.17, 15) is 0 Å². The Kier molecular flexibility index (Phi) is 6.67. The van der Waals surface area contributed by atoms with Crippen molar-refractivity contribution in [1.29, 1.82) is 0 Å². The van der Waals surface area contributed by atoms with E-state index >= 15 is 0 Å². The Labute approximate surface area is 104 Å². The second kappa shape index (κ2) is 8.09. The van der Waals surface area contributed by atoms with Crippen LogP contribution >= 0.6 is 0 Å². The third-order valence-corrected chi connectivity index (χ3v) is 2.82. The van der Waals surface area contributed by atoms with Gasteiger partial charge in [-0.3, -0.25) is 0 Å². The van der Waals surface area contributed by atoms with Crippen LogP contribution < -0.4 is 10.1 Å². The molecule has 1 atom stereocenters. The molecule has 1 N–H and O–H groups in total. The SMILES string of the molecule is CCNC(CCc1ccccc1OC)COC. The molecule has 17 heavy (non-hydrogen) atoms. The number of likely N-dealkylation sites (N-methyl/N-ethyl adjacent to an activating group) is 1. The summed E-state index contributed by atoms with van der Waals surface area (Å²) in [6.07, 6.45) is 2.06. The average molecular weight is 237 g/mol. The van der Waals surface area contributed by atoms with Crippen molar-refractivity contribution in [2.75, 3.05) is 27.4 Å². The lowest BCUT2D eigenvalue weighted by molar-refractivity contribution is 0.163. The zero-order chi connectivity index (χ0) is 12.5. The number of aryl methyl sites for hydroxylation is 1. The van der Waals surface area contributed by atoms with Crippen molar-refractivity contribution < 1.29 is 9.47 Å². The van der Waals surface area contributed by atoms with E-state index in [1.165, 1.54) is 5.56 Å². The number of benzene rings is 1. The minimum atomic E-state index is 0.412. The van der Waals surface area contributed by atoms with Gasteiger partial charge in [-0.25, -0.2) is 0 Å². The molecule has 0 saturated heterocycles. The maximum atomic E-state index is 5.35. The molecule has 1 rings (SSSR count). The van der Waals surface area contributed by atoms with Gasteiger partial charge in [0.1, 0.15) is 5.75 Å². The maximum Gasteiger partial charge on any atom is 0.122 e. The van der Waals surface area contributed by atoms with Gasteiger partial charge in [0.2, 0.25) is 0 Å². The zero-order valence-corrected chi connectivity index (χ0v) is 11.0.